The third-order valence-electron chi connectivity index (χ3n) is 3.26. The summed E-state index contributed by atoms with van der Waals surface area (Å²) in [5.41, 5.74) is 2.87. The van der Waals surface area contributed by atoms with Gasteiger partial charge in [0.15, 0.2) is 0 Å². The first kappa shape index (κ1) is 9.85. The highest BCUT2D eigenvalue weighted by molar-refractivity contribution is 7.25. The molecule has 4 rings (SSSR count). The second-order valence-electron chi connectivity index (χ2n) is 4.32. The zero-order valence-electron chi connectivity index (χ0n) is 9.57. The summed E-state index contributed by atoms with van der Waals surface area (Å²) in [6, 6.07) is 8.07. The van der Waals surface area contributed by atoms with Crippen LogP contribution in [0.1, 0.15) is 5.56 Å². The van der Waals surface area contributed by atoms with Gasteiger partial charge in [0.05, 0.1) is 11.0 Å². The molecule has 5 heteroatoms. The molecule has 1 aromatic carbocycles. The first-order valence-corrected chi connectivity index (χ1v) is 6.45. The van der Waals surface area contributed by atoms with E-state index in [1.54, 1.807) is 0 Å². The predicted octanol–water partition coefficient (Wildman–Crippen LogP) is 2.93. The van der Waals surface area contributed by atoms with Crippen LogP contribution in [0.5, 0.6) is 0 Å². The minimum Gasteiger partial charge on any atom is -0.304 e. The maximum absolute atomic E-state index is 11.3. The van der Waals surface area contributed by atoms with Crippen molar-refractivity contribution in [1.29, 1.82) is 0 Å². The van der Waals surface area contributed by atoms with Crippen molar-refractivity contribution in [3.63, 3.8) is 0 Å². The van der Waals surface area contributed by atoms with Crippen molar-refractivity contribution >= 4 is 42.8 Å². The van der Waals surface area contributed by atoms with Crippen molar-refractivity contribution in [2.45, 2.75) is 6.92 Å². The fourth-order valence-corrected chi connectivity index (χ4v) is 3.53. The third kappa shape index (κ3) is 1.14. The van der Waals surface area contributed by atoms with Crippen molar-refractivity contribution in [2.24, 2.45) is 0 Å². The fraction of sp³-hybridized carbons (Fsp3) is 0.0769. The third-order valence-corrected chi connectivity index (χ3v) is 4.26. The number of nitrogens with one attached hydrogen (secondary N) is 2. The summed E-state index contributed by atoms with van der Waals surface area (Å²) in [5, 5.41) is 2.18. The summed E-state index contributed by atoms with van der Waals surface area (Å²) in [7, 11) is 0. The average molecular weight is 255 g/mol. The molecular formula is C13H9N3OS. The van der Waals surface area contributed by atoms with E-state index in [4.69, 9.17) is 0 Å². The number of rotatable bonds is 0. The van der Waals surface area contributed by atoms with Crippen molar-refractivity contribution < 1.29 is 0 Å². The number of fused-ring (bicyclic) bond motifs is 4. The standard InChI is InChI=1S/C13H9N3OS/c1-6-7-4-2-3-5-8(7)14-11-9(6)10-12(18-11)16-13(17)15-10/h2-5H,1H3,(H2,15,16,17). The summed E-state index contributed by atoms with van der Waals surface area (Å²) >= 11 is 1.51. The summed E-state index contributed by atoms with van der Waals surface area (Å²) < 4.78 is 0. The molecule has 0 atom stereocenters. The number of thiophene rings is 1. The lowest BCUT2D eigenvalue weighted by Crippen LogP contribution is -1.99. The van der Waals surface area contributed by atoms with Crippen LogP contribution in [0.3, 0.4) is 0 Å². The van der Waals surface area contributed by atoms with Crippen LogP contribution in [-0.2, 0) is 0 Å². The quantitative estimate of drug-likeness (QED) is 0.507. The van der Waals surface area contributed by atoms with E-state index in [-0.39, 0.29) is 5.69 Å². The Balaban J connectivity index is 2.35. The van der Waals surface area contributed by atoms with Crippen molar-refractivity contribution in [1.82, 2.24) is 15.0 Å². The number of hydrogen-bond acceptors (Lipinski definition) is 3. The zero-order valence-corrected chi connectivity index (χ0v) is 10.4. The van der Waals surface area contributed by atoms with E-state index in [0.717, 1.165) is 37.0 Å². The van der Waals surface area contributed by atoms with Gasteiger partial charge in [0.2, 0.25) is 0 Å². The molecule has 0 radical (unpaired) electrons. The zero-order chi connectivity index (χ0) is 12.3. The van der Waals surface area contributed by atoms with Gasteiger partial charge < -0.3 is 4.98 Å². The minimum atomic E-state index is -0.161. The highest BCUT2D eigenvalue weighted by atomic mass is 32.1. The van der Waals surface area contributed by atoms with E-state index in [1.807, 2.05) is 18.2 Å². The lowest BCUT2D eigenvalue weighted by molar-refractivity contribution is 1.22. The molecule has 0 saturated carbocycles. The van der Waals surface area contributed by atoms with Crippen molar-refractivity contribution in [3.05, 3.63) is 40.3 Å². The number of para-hydroxylation sites is 1. The van der Waals surface area contributed by atoms with Gasteiger partial charge in [-0.15, -0.1) is 0 Å². The van der Waals surface area contributed by atoms with Gasteiger partial charge in [-0.3, -0.25) is 4.98 Å². The molecule has 4 nitrogen and oxygen atoms in total. The van der Waals surface area contributed by atoms with Crippen LogP contribution in [0.15, 0.2) is 29.1 Å². The van der Waals surface area contributed by atoms with Gasteiger partial charge >= 0.3 is 5.69 Å². The molecule has 0 bridgehead atoms. The summed E-state index contributed by atoms with van der Waals surface area (Å²) in [5.74, 6) is 0. The van der Waals surface area contributed by atoms with Gasteiger partial charge in [0, 0.05) is 10.8 Å². The van der Waals surface area contributed by atoms with Crippen LogP contribution in [0, 0.1) is 6.92 Å². The number of aromatic nitrogens is 3. The molecule has 0 aliphatic heterocycles. The number of H-pyrrole nitrogens is 2. The van der Waals surface area contributed by atoms with Crippen LogP contribution in [0.2, 0.25) is 0 Å². The number of aromatic amines is 2. The molecule has 4 aromatic rings. The molecule has 0 saturated heterocycles. The van der Waals surface area contributed by atoms with Gasteiger partial charge in [-0.2, -0.15) is 0 Å². The summed E-state index contributed by atoms with van der Waals surface area (Å²) in [6.45, 7) is 2.07. The van der Waals surface area contributed by atoms with Crippen LogP contribution in [0.25, 0.3) is 31.5 Å². The van der Waals surface area contributed by atoms with Crippen LogP contribution < -0.4 is 5.69 Å². The van der Waals surface area contributed by atoms with Crippen LogP contribution in [0.4, 0.5) is 0 Å². The molecule has 3 heterocycles. The second kappa shape index (κ2) is 3.20. The Morgan fingerprint density at radius 1 is 1.22 bits per heavy atom. The average Bonchev–Trinajstić information content (AvgIpc) is 2.84. The molecule has 0 amide bonds. The highest BCUT2D eigenvalue weighted by Crippen LogP contribution is 2.34. The maximum Gasteiger partial charge on any atom is 0.324 e. The van der Waals surface area contributed by atoms with Crippen LogP contribution >= 0.6 is 11.3 Å². The lowest BCUT2D eigenvalue weighted by atomic mass is 10.1. The Labute approximate surface area is 105 Å². The molecule has 0 aliphatic rings. The highest BCUT2D eigenvalue weighted by Gasteiger charge is 2.13. The van der Waals surface area contributed by atoms with Gasteiger partial charge in [0.1, 0.15) is 9.66 Å². The minimum absolute atomic E-state index is 0.161. The van der Waals surface area contributed by atoms with E-state index in [1.165, 1.54) is 11.3 Å². The second-order valence-corrected chi connectivity index (χ2v) is 5.32. The van der Waals surface area contributed by atoms with Crippen molar-refractivity contribution in [3.8, 4) is 0 Å². The smallest absolute Gasteiger partial charge is 0.304 e. The lowest BCUT2D eigenvalue weighted by Gasteiger charge is -2.02. The normalized spacial score (nSPS) is 11.8. The van der Waals surface area contributed by atoms with E-state index in [9.17, 15) is 4.79 Å². The summed E-state index contributed by atoms with van der Waals surface area (Å²) in [4.78, 5) is 23.5. The first-order chi connectivity index (χ1) is 8.74. The SMILES string of the molecule is Cc1c2ccccc2nc2sc3[nH]c(=O)[nH]c3c12. The van der Waals surface area contributed by atoms with Gasteiger partial charge in [-0.1, -0.05) is 29.5 Å². The predicted molar refractivity (Wildman–Crippen MR) is 74.3 cm³/mol. The monoisotopic (exact) mass is 255 g/mol. The molecular weight excluding hydrogens is 246 g/mol. The number of aryl methyl sites for hydroxylation is 1. The molecule has 0 fully saturated rings. The maximum atomic E-state index is 11.3. The topological polar surface area (TPSA) is 61.5 Å². The Morgan fingerprint density at radius 3 is 2.94 bits per heavy atom. The van der Waals surface area contributed by atoms with Crippen LogP contribution in [-0.4, -0.2) is 15.0 Å². The largest absolute Gasteiger partial charge is 0.324 e. The van der Waals surface area contributed by atoms with E-state index in [0.29, 0.717) is 0 Å². The van der Waals surface area contributed by atoms with E-state index in [2.05, 4.69) is 27.9 Å². The molecule has 88 valence electrons. The molecule has 3 aromatic heterocycles. The Kier molecular flexibility index (Phi) is 1.75. The molecule has 2 N–H and O–H groups in total. The molecule has 0 aliphatic carbocycles. The molecule has 18 heavy (non-hydrogen) atoms. The van der Waals surface area contributed by atoms with Gasteiger partial charge in [-0.05, 0) is 18.6 Å². The van der Waals surface area contributed by atoms with Gasteiger partial charge in [0.25, 0.3) is 0 Å². The van der Waals surface area contributed by atoms with E-state index < -0.39 is 0 Å². The number of benzene rings is 1. The van der Waals surface area contributed by atoms with E-state index >= 15 is 0 Å². The number of nitrogens with zero attached hydrogens (tertiary/aromatic N) is 1. The fourth-order valence-electron chi connectivity index (χ4n) is 2.43. The molecule has 0 spiro atoms. The number of hydrogen-bond donors (Lipinski definition) is 2. The Hall–Kier alpha value is -2.14. The molecule has 0 unspecified atom stereocenters. The summed E-state index contributed by atoms with van der Waals surface area (Å²) in [6.07, 6.45) is 0. The van der Waals surface area contributed by atoms with Gasteiger partial charge in [-0.25, -0.2) is 9.78 Å². The number of imidazole rings is 1. The Morgan fingerprint density at radius 2 is 2.06 bits per heavy atom. The van der Waals surface area contributed by atoms with Crippen molar-refractivity contribution in [2.75, 3.05) is 0 Å². The number of pyridine rings is 1. The Bertz CT molecular complexity index is 961. The first-order valence-electron chi connectivity index (χ1n) is 5.64.